The number of amides is 1. The van der Waals surface area contributed by atoms with Gasteiger partial charge in [0, 0.05) is 18.0 Å². The molecule has 0 radical (unpaired) electrons. The van der Waals surface area contributed by atoms with Crippen LogP contribution in [0.2, 0.25) is 0 Å². The van der Waals surface area contributed by atoms with E-state index < -0.39 is 0 Å². The summed E-state index contributed by atoms with van der Waals surface area (Å²) in [4.78, 5) is 15.9. The molecule has 1 aromatic heterocycles. The Morgan fingerprint density at radius 2 is 2.00 bits per heavy atom. The van der Waals surface area contributed by atoms with E-state index in [-0.39, 0.29) is 10.9 Å². The van der Waals surface area contributed by atoms with Crippen LogP contribution in [0.25, 0.3) is 0 Å². The molecule has 0 saturated carbocycles. The topological polar surface area (TPSA) is 83.5 Å². The van der Waals surface area contributed by atoms with Gasteiger partial charge >= 0.3 is 0 Å². The Morgan fingerprint density at radius 1 is 1.23 bits per heavy atom. The first kappa shape index (κ1) is 15.9. The van der Waals surface area contributed by atoms with E-state index in [0.29, 0.717) is 30.0 Å². The van der Waals surface area contributed by atoms with Gasteiger partial charge in [-0.15, -0.1) is 0 Å². The van der Waals surface area contributed by atoms with Crippen molar-refractivity contribution in [1.29, 1.82) is 0 Å². The van der Waals surface area contributed by atoms with Crippen molar-refractivity contribution in [3.8, 4) is 5.75 Å². The Bertz CT molecular complexity index is 632. The summed E-state index contributed by atoms with van der Waals surface area (Å²) in [6.07, 6.45) is 3.12. The smallest absolute Gasteiger partial charge is 0.252 e. The van der Waals surface area contributed by atoms with E-state index in [1.54, 1.807) is 42.6 Å². The van der Waals surface area contributed by atoms with Crippen molar-refractivity contribution in [1.82, 2.24) is 15.8 Å². The van der Waals surface area contributed by atoms with Crippen molar-refractivity contribution in [3.63, 3.8) is 0 Å². The summed E-state index contributed by atoms with van der Waals surface area (Å²) in [6.45, 7) is 0.722. The summed E-state index contributed by atoms with van der Waals surface area (Å²) >= 11 is 4.89. The molecule has 1 aromatic carbocycles. The number of pyridine rings is 1. The van der Waals surface area contributed by atoms with Gasteiger partial charge in [0.05, 0.1) is 12.1 Å². The highest BCUT2D eigenvalue weighted by atomic mass is 32.1. The minimum atomic E-state index is -0.189. The van der Waals surface area contributed by atoms with Crippen LogP contribution in [0.5, 0.6) is 5.75 Å². The van der Waals surface area contributed by atoms with Crippen LogP contribution in [0, 0.1) is 0 Å². The molecule has 0 fully saturated rings. The third-order valence-electron chi connectivity index (χ3n) is 2.80. The minimum Gasteiger partial charge on any atom is -0.492 e. The molecule has 0 unspecified atom stereocenters. The van der Waals surface area contributed by atoms with Gasteiger partial charge in [0.25, 0.3) is 5.91 Å². The van der Waals surface area contributed by atoms with Gasteiger partial charge in [-0.3, -0.25) is 20.5 Å². The number of hydrogen-bond donors (Lipinski definition) is 3. The zero-order valence-corrected chi connectivity index (χ0v) is 12.5. The molecule has 2 rings (SSSR count). The van der Waals surface area contributed by atoms with Crippen molar-refractivity contribution in [2.45, 2.75) is 0 Å². The first-order valence-corrected chi connectivity index (χ1v) is 6.97. The zero-order chi connectivity index (χ0) is 15.8. The van der Waals surface area contributed by atoms with Crippen LogP contribution in [0.3, 0.4) is 0 Å². The fraction of sp³-hybridized carbons (Fsp3) is 0.133. The van der Waals surface area contributed by atoms with Crippen molar-refractivity contribution in [2.75, 3.05) is 13.2 Å². The van der Waals surface area contributed by atoms with Crippen molar-refractivity contribution in [2.24, 2.45) is 0 Å². The molecular weight excluding hydrogens is 302 g/mol. The minimum absolute atomic E-state index is 0.189. The van der Waals surface area contributed by atoms with E-state index in [1.807, 2.05) is 5.48 Å². The molecule has 114 valence electrons. The first-order chi connectivity index (χ1) is 10.7. The maximum atomic E-state index is 11.8. The van der Waals surface area contributed by atoms with Gasteiger partial charge in [0.2, 0.25) is 0 Å². The Labute approximate surface area is 133 Å². The summed E-state index contributed by atoms with van der Waals surface area (Å²) in [5, 5.41) is 11.4. The second-order valence-corrected chi connectivity index (χ2v) is 4.72. The number of nitrogens with zero attached hydrogens (tertiary/aromatic N) is 1. The fourth-order valence-electron chi connectivity index (χ4n) is 1.70. The lowest BCUT2D eigenvalue weighted by atomic mass is 10.2. The quantitative estimate of drug-likeness (QED) is 0.426. The van der Waals surface area contributed by atoms with Gasteiger partial charge in [0.15, 0.2) is 0 Å². The molecule has 0 saturated heterocycles. The molecule has 0 spiro atoms. The predicted octanol–water partition coefficient (Wildman–Crippen LogP) is 1.54. The van der Waals surface area contributed by atoms with Gasteiger partial charge < -0.3 is 10.1 Å². The van der Waals surface area contributed by atoms with E-state index in [9.17, 15) is 4.79 Å². The van der Waals surface area contributed by atoms with E-state index in [0.717, 1.165) is 0 Å². The van der Waals surface area contributed by atoms with Crippen molar-refractivity contribution >= 4 is 23.1 Å². The van der Waals surface area contributed by atoms with Gasteiger partial charge in [-0.2, -0.15) is 0 Å². The lowest BCUT2D eigenvalue weighted by molar-refractivity contribution is 0.0946. The molecule has 0 atom stereocenters. The largest absolute Gasteiger partial charge is 0.492 e. The molecule has 0 aliphatic rings. The molecule has 0 aliphatic heterocycles. The summed E-state index contributed by atoms with van der Waals surface area (Å²) < 4.78 is 5.50. The molecule has 3 N–H and O–H groups in total. The number of rotatable bonds is 6. The van der Waals surface area contributed by atoms with Crippen LogP contribution >= 0.6 is 12.2 Å². The average Bonchev–Trinajstić information content (AvgIpc) is 2.59. The van der Waals surface area contributed by atoms with E-state index in [1.165, 1.54) is 6.20 Å². The predicted molar refractivity (Wildman–Crippen MR) is 85.1 cm³/mol. The van der Waals surface area contributed by atoms with E-state index >= 15 is 0 Å². The number of carbonyl (C=O) groups is 1. The number of thiocarbonyl (C=S) groups is 1. The van der Waals surface area contributed by atoms with Crippen LogP contribution < -0.4 is 15.5 Å². The van der Waals surface area contributed by atoms with E-state index in [4.69, 9.17) is 22.2 Å². The molecule has 0 bridgehead atoms. The third kappa shape index (κ3) is 4.51. The SMILES string of the molecule is O=C(NCCOc1ccc(C(=S)NO)cc1)c1cccnc1. The summed E-state index contributed by atoms with van der Waals surface area (Å²) in [6, 6.07) is 10.3. The summed E-state index contributed by atoms with van der Waals surface area (Å²) in [5.41, 5.74) is 3.12. The molecule has 7 heteroatoms. The highest BCUT2D eigenvalue weighted by molar-refractivity contribution is 7.80. The molecular formula is C15H15N3O3S. The molecule has 22 heavy (non-hydrogen) atoms. The Hall–Kier alpha value is -2.51. The molecule has 2 aromatic rings. The Morgan fingerprint density at radius 3 is 2.64 bits per heavy atom. The van der Waals surface area contributed by atoms with Crippen LogP contribution in [0.4, 0.5) is 0 Å². The van der Waals surface area contributed by atoms with Crippen molar-refractivity contribution in [3.05, 3.63) is 59.9 Å². The first-order valence-electron chi connectivity index (χ1n) is 6.56. The van der Waals surface area contributed by atoms with Crippen molar-refractivity contribution < 1.29 is 14.7 Å². The zero-order valence-electron chi connectivity index (χ0n) is 11.7. The van der Waals surface area contributed by atoms with Crippen LogP contribution in [-0.4, -0.2) is 34.2 Å². The molecule has 6 nitrogen and oxygen atoms in total. The normalized spacial score (nSPS) is 9.86. The second-order valence-electron chi connectivity index (χ2n) is 4.31. The number of carbonyl (C=O) groups excluding carboxylic acids is 1. The van der Waals surface area contributed by atoms with Crippen LogP contribution in [0.1, 0.15) is 15.9 Å². The highest BCUT2D eigenvalue weighted by Crippen LogP contribution is 2.12. The number of hydrogen-bond acceptors (Lipinski definition) is 5. The lowest BCUT2D eigenvalue weighted by Crippen LogP contribution is -2.28. The van der Waals surface area contributed by atoms with Gasteiger partial charge in [-0.05, 0) is 36.4 Å². The molecule has 1 heterocycles. The second kappa shape index (κ2) is 8.06. The number of aromatic nitrogens is 1. The van der Waals surface area contributed by atoms with E-state index in [2.05, 4.69) is 10.3 Å². The van der Waals surface area contributed by atoms with Gasteiger partial charge in [0.1, 0.15) is 17.3 Å². The summed E-state index contributed by atoms with van der Waals surface area (Å²) in [7, 11) is 0. The van der Waals surface area contributed by atoms with Crippen LogP contribution in [0.15, 0.2) is 48.8 Å². The maximum absolute atomic E-state index is 11.8. The number of ether oxygens (including phenoxy) is 1. The Kier molecular flexibility index (Phi) is 5.81. The molecule has 1 amide bonds. The number of hydroxylamine groups is 1. The maximum Gasteiger partial charge on any atom is 0.252 e. The standard InChI is InChI=1S/C15H15N3O3S/c19-14(12-2-1-7-16-10-12)17-8-9-21-13-5-3-11(4-6-13)15(22)18-20/h1-7,10,20H,8-9H2,(H,17,19)(H,18,22). The monoisotopic (exact) mass is 317 g/mol. The molecule has 0 aliphatic carbocycles. The number of nitrogens with one attached hydrogen (secondary N) is 2. The Balaban J connectivity index is 1.75. The highest BCUT2D eigenvalue weighted by Gasteiger charge is 2.04. The average molecular weight is 317 g/mol. The van der Waals surface area contributed by atoms with Gasteiger partial charge in [-0.1, -0.05) is 12.2 Å². The number of benzene rings is 1. The lowest BCUT2D eigenvalue weighted by Gasteiger charge is -2.08. The van der Waals surface area contributed by atoms with Gasteiger partial charge in [-0.25, -0.2) is 0 Å². The fourth-order valence-corrected chi connectivity index (χ4v) is 1.84. The third-order valence-corrected chi connectivity index (χ3v) is 3.13. The summed E-state index contributed by atoms with van der Waals surface area (Å²) in [5.74, 6) is 0.464. The van der Waals surface area contributed by atoms with Crippen LogP contribution in [-0.2, 0) is 0 Å².